The maximum atomic E-state index is 13.4. The number of benzene rings is 1. The highest BCUT2D eigenvalue weighted by Crippen LogP contribution is 2.28. The number of halogens is 1. The fourth-order valence-electron chi connectivity index (χ4n) is 3.00. The Kier molecular flexibility index (Phi) is 5.38. The number of hydrogen-bond acceptors (Lipinski definition) is 3. The molecular weight excluding hydrogens is 257 g/mol. The quantitative estimate of drug-likeness (QED) is 0.896. The fraction of sp³-hybridized carbons (Fsp3) is 0.625. The van der Waals surface area contributed by atoms with E-state index in [4.69, 9.17) is 9.47 Å². The highest BCUT2D eigenvalue weighted by atomic mass is 19.1. The van der Waals surface area contributed by atoms with Crippen LogP contribution in [0.5, 0.6) is 5.75 Å². The third-order valence-corrected chi connectivity index (χ3v) is 4.10. The van der Waals surface area contributed by atoms with Gasteiger partial charge in [-0.25, -0.2) is 4.39 Å². The number of rotatable bonds is 5. The molecule has 0 aromatic heterocycles. The molecule has 0 radical (unpaired) electrons. The first-order valence-electron chi connectivity index (χ1n) is 7.26. The monoisotopic (exact) mass is 281 g/mol. The van der Waals surface area contributed by atoms with Crippen molar-refractivity contribution in [2.45, 2.75) is 50.8 Å². The molecule has 1 aliphatic carbocycles. The van der Waals surface area contributed by atoms with E-state index in [9.17, 15) is 4.39 Å². The van der Waals surface area contributed by atoms with Crippen LogP contribution in [0.1, 0.15) is 44.2 Å². The zero-order valence-corrected chi connectivity index (χ0v) is 12.5. The van der Waals surface area contributed by atoms with E-state index in [0.29, 0.717) is 12.1 Å². The van der Waals surface area contributed by atoms with Crippen molar-refractivity contribution in [1.29, 1.82) is 0 Å². The highest BCUT2D eigenvalue weighted by Gasteiger charge is 2.24. The summed E-state index contributed by atoms with van der Waals surface area (Å²) in [5, 5.41) is 3.57. The molecule has 0 spiro atoms. The third-order valence-electron chi connectivity index (χ3n) is 4.10. The van der Waals surface area contributed by atoms with Gasteiger partial charge in [0.25, 0.3) is 0 Å². The second-order valence-corrected chi connectivity index (χ2v) is 5.50. The Morgan fingerprint density at radius 1 is 1.30 bits per heavy atom. The summed E-state index contributed by atoms with van der Waals surface area (Å²) in [6.45, 7) is 2.05. The molecule has 112 valence electrons. The normalized spacial score (nSPS) is 24.4. The van der Waals surface area contributed by atoms with E-state index >= 15 is 0 Å². The summed E-state index contributed by atoms with van der Waals surface area (Å²) in [5.41, 5.74) is 0.868. The summed E-state index contributed by atoms with van der Waals surface area (Å²) in [6, 6.07) is 5.13. The van der Waals surface area contributed by atoms with Gasteiger partial charge >= 0.3 is 0 Å². The van der Waals surface area contributed by atoms with Gasteiger partial charge in [-0.05, 0) is 50.8 Å². The van der Waals surface area contributed by atoms with E-state index in [1.807, 2.05) is 6.92 Å². The van der Waals surface area contributed by atoms with Crippen LogP contribution in [0.25, 0.3) is 0 Å². The molecule has 0 heterocycles. The lowest BCUT2D eigenvalue weighted by Crippen LogP contribution is -2.38. The van der Waals surface area contributed by atoms with Gasteiger partial charge < -0.3 is 14.8 Å². The fourth-order valence-corrected chi connectivity index (χ4v) is 3.00. The molecule has 1 saturated carbocycles. The molecule has 1 fully saturated rings. The van der Waals surface area contributed by atoms with Crippen LogP contribution in [0.15, 0.2) is 18.2 Å². The van der Waals surface area contributed by atoms with Crippen LogP contribution >= 0.6 is 0 Å². The van der Waals surface area contributed by atoms with Crippen LogP contribution in [0.3, 0.4) is 0 Å². The van der Waals surface area contributed by atoms with Crippen molar-refractivity contribution in [1.82, 2.24) is 5.32 Å². The zero-order chi connectivity index (χ0) is 14.5. The first kappa shape index (κ1) is 15.3. The molecule has 0 amide bonds. The Balaban J connectivity index is 2.04. The van der Waals surface area contributed by atoms with E-state index in [-0.39, 0.29) is 11.9 Å². The van der Waals surface area contributed by atoms with Crippen molar-refractivity contribution < 1.29 is 13.9 Å². The largest absolute Gasteiger partial charge is 0.496 e. The molecule has 2 rings (SSSR count). The van der Waals surface area contributed by atoms with Gasteiger partial charge in [0.1, 0.15) is 11.6 Å². The van der Waals surface area contributed by atoms with Crippen molar-refractivity contribution in [2.75, 3.05) is 14.2 Å². The van der Waals surface area contributed by atoms with Gasteiger partial charge in [-0.1, -0.05) is 0 Å². The maximum Gasteiger partial charge on any atom is 0.123 e. The van der Waals surface area contributed by atoms with Crippen LogP contribution in [0.2, 0.25) is 0 Å². The van der Waals surface area contributed by atoms with Crippen molar-refractivity contribution in [3.05, 3.63) is 29.6 Å². The number of hydrogen-bond donors (Lipinski definition) is 1. The Hall–Kier alpha value is -1.13. The summed E-state index contributed by atoms with van der Waals surface area (Å²) < 4.78 is 24.2. The smallest absolute Gasteiger partial charge is 0.123 e. The Morgan fingerprint density at radius 2 is 2.10 bits per heavy atom. The summed E-state index contributed by atoms with van der Waals surface area (Å²) in [5.74, 6) is 0.498. The molecule has 20 heavy (non-hydrogen) atoms. The van der Waals surface area contributed by atoms with E-state index < -0.39 is 0 Å². The van der Waals surface area contributed by atoms with E-state index in [2.05, 4.69) is 5.32 Å². The molecule has 4 heteroatoms. The molecule has 0 aliphatic heterocycles. The Labute approximate surface area is 120 Å². The summed E-state index contributed by atoms with van der Waals surface area (Å²) in [6.07, 6.45) is 4.79. The van der Waals surface area contributed by atoms with Crippen LogP contribution < -0.4 is 10.1 Å². The predicted molar refractivity (Wildman–Crippen MR) is 77.6 cm³/mol. The molecule has 1 aromatic carbocycles. The van der Waals surface area contributed by atoms with Crippen molar-refractivity contribution in [3.8, 4) is 5.75 Å². The average molecular weight is 281 g/mol. The van der Waals surface area contributed by atoms with Gasteiger partial charge in [0.2, 0.25) is 0 Å². The minimum Gasteiger partial charge on any atom is -0.496 e. The molecule has 1 aliphatic rings. The van der Waals surface area contributed by atoms with Gasteiger partial charge in [-0.2, -0.15) is 0 Å². The number of nitrogens with one attached hydrogen (secondary N) is 1. The second kappa shape index (κ2) is 7.04. The molecule has 0 saturated heterocycles. The first-order valence-corrected chi connectivity index (χ1v) is 7.26. The molecule has 3 nitrogen and oxygen atoms in total. The van der Waals surface area contributed by atoms with Gasteiger partial charge in [0, 0.05) is 24.8 Å². The van der Waals surface area contributed by atoms with Crippen molar-refractivity contribution in [2.24, 2.45) is 0 Å². The van der Waals surface area contributed by atoms with Crippen LogP contribution in [-0.4, -0.2) is 26.4 Å². The average Bonchev–Trinajstić information content (AvgIpc) is 2.47. The summed E-state index contributed by atoms with van der Waals surface area (Å²) in [7, 11) is 3.39. The lowest BCUT2D eigenvalue weighted by Gasteiger charge is -2.31. The van der Waals surface area contributed by atoms with Crippen LogP contribution in [0.4, 0.5) is 4.39 Å². The minimum atomic E-state index is -0.229. The Bertz CT molecular complexity index is 438. The predicted octanol–water partition coefficient (Wildman–Crippen LogP) is 3.44. The molecular formula is C16H24FNO2. The van der Waals surface area contributed by atoms with Crippen molar-refractivity contribution >= 4 is 0 Å². The summed E-state index contributed by atoms with van der Waals surface area (Å²) >= 11 is 0. The van der Waals surface area contributed by atoms with Gasteiger partial charge in [0.15, 0.2) is 0 Å². The lowest BCUT2D eigenvalue weighted by atomic mass is 9.91. The SMILES string of the molecule is COc1ccc(F)cc1C(C)NC1CCCC(OC)C1. The molecule has 1 N–H and O–H groups in total. The Morgan fingerprint density at radius 3 is 2.80 bits per heavy atom. The number of methoxy groups -OCH3 is 2. The highest BCUT2D eigenvalue weighted by molar-refractivity contribution is 5.36. The van der Waals surface area contributed by atoms with Gasteiger partial charge in [-0.15, -0.1) is 0 Å². The lowest BCUT2D eigenvalue weighted by molar-refractivity contribution is 0.0572. The van der Waals surface area contributed by atoms with E-state index in [1.165, 1.54) is 12.5 Å². The standard InChI is InChI=1S/C16H24FNO2/c1-11(15-9-12(17)7-8-16(15)20-3)18-13-5-4-6-14(10-13)19-2/h7-9,11,13-14,18H,4-6,10H2,1-3H3. The third kappa shape index (κ3) is 3.70. The topological polar surface area (TPSA) is 30.5 Å². The minimum absolute atomic E-state index is 0.0567. The van der Waals surface area contributed by atoms with Gasteiger partial charge in [0.05, 0.1) is 13.2 Å². The van der Waals surface area contributed by atoms with Gasteiger partial charge in [-0.3, -0.25) is 0 Å². The van der Waals surface area contributed by atoms with Crippen LogP contribution in [-0.2, 0) is 4.74 Å². The van der Waals surface area contributed by atoms with Crippen LogP contribution in [0, 0.1) is 5.82 Å². The van der Waals surface area contributed by atoms with Crippen molar-refractivity contribution in [3.63, 3.8) is 0 Å². The molecule has 3 unspecified atom stereocenters. The zero-order valence-electron chi connectivity index (χ0n) is 12.5. The van der Waals surface area contributed by atoms with E-state index in [1.54, 1.807) is 26.4 Å². The molecule has 0 bridgehead atoms. The number of ether oxygens (including phenoxy) is 2. The van der Waals surface area contributed by atoms with E-state index in [0.717, 1.165) is 30.6 Å². The molecule has 1 aromatic rings. The summed E-state index contributed by atoms with van der Waals surface area (Å²) in [4.78, 5) is 0. The first-order chi connectivity index (χ1) is 9.63. The second-order valence-electron chi connectivity index (χ2n) is 5.50. The molecule has 3 atom stereocenters. The maximum absolute atomic E-state index is 13.4.